The predicted octanol–water partition coefficient (Wildman–Crippen LogP) is -0.165. The smallest absolute Gasteiger partial charge is 0.320 e. The van der Waals surface area contributed by atoms with Crippen LogP contribution >= 0.6 is 0 Å². The number of nitrogens with one attached hydrogen (secondary N) is 1. The average Bonchev–Trinajstić information content (AvgIpc) is 2.46. The van der Waals surface area contributed by atoms with E-state index in [4.69, 9.17) is 15.3 Å². The molecule has 0 bridgehead atoms. The summed E-state index contributed by atoms with van der Waals surface area (Å²) >= 11 is 0. The molecule has 0 unspecified atom stereocenters. The molecule has 1 fully saturated rings. The molecule has 0 saturated carbocycles. The maximum atomic E-state index is 11.2. The van der Waals surface area contributed by atoms with Gasteiger partial charge < -0.3 is 15.3 Å². The monoisotopic (exact) mass is 346 g/mol. The Morgan fingerprint density at radius 2 is 1.29 bits per heavy atom. The predicted molar refractivity (Wildman–Crippen MR) is 83.6 cm³/mol. The van der Waals surface area contributed by atoms with E-state index in [1.165, 1.54) is 15.2 Å². The summed E-state index contributed by atoms with van der Waals surface area (Å²) in [7, 11) is 0. The van der Waals surface area contributed by atoms with E-state index in [1.807, 2.05) is 0 Å². The van der Waals surface area contributed by atoms with Gasteiger partial charge in [-0.1, -0.05) is 25.7 Å². The molecule has 0 aromatic rings. The van der Waals surface area contributed by atoms with E-state index in [0.717, 1.165) is 32.1 Å². The molecule has 1 aliphatic rings. The Bertz CT molecular complexity index is 403. The Morgan fingerprint density at radius 1 is 0.750 bits per heavy atom. The number of nitrogens with zero attached hydrogens (tertiary/aromatic N) is 3. The lowest BCUT2D eigenvalue weighted by Gasteiger charge is -2.40. The maximum absolute atomic E-state index is 11.2. The largest absolute Gasteiger partial charge is 0.480 e. The van der Waals surface area contributed by atoms with Crippen molar-refractivity contribution in [3.05, 3.63) is 0 Å². The van der Waals surface area contributed by atoms with E-state index in [0.29, 0.717) is 19.5 Å². The lowest BCUT2D eigenvalue weighted by atomic mass is 10.1. The van der Waals surface area contributed by atoms with Gasteiger partial charge in [0.15, 0.2) is 0 Å². The van der Waals surface area contributed by atoms with Gasteiger partial charge in [-0.15, -0.1) is 5.12 Å². The second kappa shape index (κ2) is 10.9. The molecule has 0 aromatic heterocycles. The van der Waals surface area contributed by atoms with Crippen molar-refractivity contribution in [1.82, 2.24) is 20.7 Å². The third-order valence-corrected chi connectivity index (χ3v) is 3.62. The Labute approximate surface area is 140 Å². The van der Waals surface area contributed by atoms with Gasteiger partial charge in [0.25, 0.3) is 0 Å². The van der Waals surface area contributed by atoms with Crippen molar-refractivity contribution in [3.63, 3.8) is 0 Å². The van der Waals surface area contributed by atoms with Gasteiger partial charge in [-0.3, -0.25) is 14.4 Å². The molecule has 1 aliphatic heterocycles. The van der Waals surface area contributed by atoms with Crippen molar-refractivity contribution in [3.8, 4) is 0 Å². The topological polar surface area (TPSA) is 134 Å². The third kappa shape index (κ3) is 8.20. The van der Waals surface area contributed by atoms with E-state index in [9.17, 15) is 14.4 Å². The molecular weight excluding hydrogens is 320 g/mol. The average molecular weight is 346 g/mol. The van der Waals surface area contributed by atoms with Crippen molar-refractivity contribution in [2.75, 3.05) is 32.7 Å². The van der Waals surface area contributed by atoms with E-state index in [-0.39, 0.29) is 0 Å². The molecular formula is C14H26N4O6. The lowest BCUT2D eigenvalue weighted by molar-refractivity contribution is -0.221. The zero-order valence-corrected chi connectivity index (χ0v) is 13.7. The number of hydrogen-bond donors (Lipinski definition) is 4. The van der Waals surface area contributed by atoms with Gasteiger partial charge in [0.2, 0.25) is 0 Å². The minimum absolute atomic E-state index is 0.345. The maximum Gasteiger partial charge on any atom is 0.320 e. The van der Waals surface area contributed by atoms with E-state index >= 15 is 0 Å². The van der Waals surface area contributed by atoms with Crippen LogP contribution in [0.15, 0.2) is 0 Å². The van der Waals surface area contributed by atoms with Gasteiger partial charge >= 0.3 is 17.9 Å². The van der Waals surface area contributed by atoms with Crippen molar-refractivity contribution in [2.24, 2.45) is 0 Å². The molecule has 1 heterocycles. The van der Waals surface area contributed by atoms with Crippen molar-refractivity contribution < 1.29 is 29.7 Å². The number of hydrazine groups is 3. The number of carboxylic acids is 3. The fourth-order valence-corrected chi connectivity index (χ4v) is 2.57. The van der Waals surface area contributed by atoms with E-state index < -0.39 is 37.5 Å². The first-order chi connectivity index (χ1) is 11.4. The zero-order valence-electron chi connectivity index (χ0n) is 13.7. The molecule has 10 nitrogen and oxygen atoms in total. The Kier molecular flexibility index (Phi) is 9.23. The first-order valence-corrected chi connectivity index (χ1v) is 8.09. The molecule has 4 N–H and O–H groups in total. The first-order valence-electron chi connectivity index (χ1n) is 8.09. The van der Waals surface area contributed by atoms with Crippen LogP contribution in [0.3, 0.4) is 0 Å². The molecule has 138 valence electrons. The summed E-state index contributed by atoms with van der Waals surface area (Å²) in [6.45, 7) is -0.552. The van der Waals surface area contributed by atoms with Crippen LogP contribution in [0.1, 0.15) is 38.5 Å². The van der Waals surface area contributed by atoms with Crippen molar-refractivity contribution in [1.29, 1.82) is 0 Å². The van der Waals surface area contributed by atoms with E-state index in [1.54, 1.807) is 0 Å². The molecule has 10 heteroatoms. The van der Waals surface area contributed by atoms with Gasteiger partial charge in [0.1, 0.15) is 19.6 Å². The number of rotatable bonds is 6. The summed E-state index contributed by atoms with van der Waals surface area (Å²) in [5.74, 6) is -3.41. The molecule has 0 aromatic carbocycles. The standard InChI is InChI=1S/C14H26N4O6/c19-12(20)9-16-8-6-4-2-1-3-5-7-15-17(10-13(21)22)18(16)11-14(23)24/h15H,1-11H2,(H,19,20)(H,21,22)(H,23,24). The number of carbonyl (C=O) groups is 3. The number of carboxylic acid groups (broad SMARTS) is 3. The van der Waals surface area contributed by atoms with Crippen LogP contribution in [-0.4, -0.2) is 81.2 Å². The van der Waals surface area contributed by atoms with Crippen LogP contribution in [0.4, 0.5) is 0 Å². The number of aliphatic carboxylic acids is 3. The molecule has 1 saturated heterocycles. The van der Waals surface area contributed by atoms with Crippen LogP contribution < -0.4 is 5.43 Å². The minimum atomic E-state index is -1.17. The van der Waals surface area contributed by atoms with Gasteiger partial charge in [-0.25, -0.2) is 10.4 Å². The summed E-state index contributed by atoms with van der Waals surface area (Å²) < 4.78 is 0. The van der Waals surface area contributed by atoms with Crippen molar-refractivity contribution in [2.45, 2.75) is 38.5 Å². The summed E-state index contributed by atoms with van der Waals surface area (Å²) in [5.41, 5.74) is 2.91. The summed E-state index contributed by atoms with van der Waals surface area (Å²) in [4.78, 5) is 33.4. The summed E-state index contributed by atoms with van der Waals surface area (Å²) in [6, 6.07) is 0. The summed E-state index contributed by atoms with van der Waals surface area (Å²) in [5, 5.41) is 31.1. The fourth-order valence-electron chi connectivity index (χ4n) is 2.57. The van der Waals surface area contributed by atoms with Crippen LogP contribution in [0, 0.1) is 0 Å². The van der Waals surface area contributed by atoms with Crippen LogP contribution in [-0.2, 0) is 14.4 Å². The highest BCUT2D eigenvalue weighted by atomic mass is 16.4. The highest BCUT2D eigenvalue weighted by Crippen LogP contribution is 2.11. The highest BCUT2D eigenvalue weighted by Gasteiger charge is 2.28. The quantitative estimate of drug-likeness (QED) is 0.514. The minimum Gasteiger partial charge on any atom is -0.480 e. The molecule has 0 spiro atoms. The first kappa shape index (κ1) is 20.3. The second-order valence-electron chi connectivity index (χ2n) is 5.69. The molecule has 0 radical (unpaired) electrons. The van der Waals surface area contributed by atoms with Gasteiger partial charge in [0.05, 0.1) is 0 Å². The normalized spacial score (nSPS) is 20.0. The van der Waals surface area contributed by atoms with Crippen molar-refractivity contribution >= 4 is 17.9 Å². The molecule has 24 heavy (non-hydrogen) atoms. The molecule has 0 aliphatic carbocycles. The fraction of sp³-hybridized carbons (Fsp3) is 0.786. The van der Waals surface area contributed by atoms with Gasteiger partial charge in [0, 0.05) is 13.1 Å². The summed E-state index contributed by atoms with van der Waals surface area (Å²) in [6.07, 6.45) is 5.58. The second-order valence-corrected chi connectivity index (χ2v) is 5.69. The molecule has 1 rings (SSSR count). The van der Waals surface area contributed by atoms with Gasteiger partial charge in [-0.05, 0) is 12.8 Å². The van der Waals surface area contributed by atoms with Crippen LogP contribution in [0.2, 0.25) is 0 Å². The third-order valence-electron chi connectivity index (χ3n) is 3.62. The Balaban J connectivity index is 2.99. The molecule has 0 atom stereocenters. The van der Waals surface area contributed by atoms with Gasteiger partial charge in [-0.2, -0.15) is 5.12 Å². The lowest BCUT2D eigenvalue weighted by Crippen LogP contribution is -2.62. The Hall–Kier alpha value is -1.75. The van der Waals surface area contributed by atoms with Crippen LogP contribution in [0.5, 0.6) is 0 Å². The molecule has 0 amide bonds. The van der Waals surface area contributed by atoms with Crippen LogP contribution in [0.25, 0.3) is 0 Å². The SMILES string of the molecule is O=C(O)CN1CCCCCCCCNN(CC(=O)O)N1CC(=O)O. The Morgan fingerprint density at radius 3 is 1.88 bits per heavy atom. The zero-order chi connectivity index (χ0) is 17.9. The van der Waals surface area contributed by atoms with E-state index in [2.05, 4.69) is 5.43 Å². The number of hydrogen-bond acceptors (Lipinski definition) is 7. The highest BCUT2D eigenvalue weighted by molar-refractivity contribution is 5.71.